The Morgan fingerprint density at radius 2 is 2.26 bits per heavy atom. The Labute approximate surface area is 109 Å². The van der Waals surface area contributed by atoms with E-state index in [1.807, 2.05) is 24.3 Å². The van der Waals surface area contributed by atoms with Crippen molar-refractivity contribution in [2.75, 3.05) is 18.5 Å². The van der Waals surface area contributed by atoms with E-state index in [4.69, 9.17) is 4.74 Å². The molecule has 19 heavy (non-hydrogen) atoms. The van der Waals surface area contributed by atoms with Gasteiger partial charge in [-0.15, -0.1) is 0 Å². The summed E-state index contributed by atoms with van der Waals surface area (Å²) in [5.41, 5.74) is -0.345. The van der Waals surface area contributed by atoms with Crippen LogP contribution < -0.4 is 5.32 Å². The fraction of sp³-hybridized carbons (Fsp3) is 0.308. The van der Waals surface area contributed by atoms with Crippen LogP contribution in [0, 0.1) is 0 Å². The third-order valence-corrected chi connectivity index (χ3v) is 3.27. The summed E-state index contributed by atoms with van der Waals surface area (Å²) in [5.74, 6) is -0.631. The van der Waals surface area contributed by atoms with Gasteiger partial charge in [0.05, 0.1) is 12.1 Å². The van der Waals surface area contributed by atoms with E-state index in [2.05, 4.69) is 15.3 Å². The summed E-state index contributed by atoms with van der Waals surface area (Å²) in [6.07, 6.45) is 2.08. The number of fused-ring (bicyclic) bond motifs is 1. The zero-order chi connectivity index (χ0) is 13.3. The molecule has 1 aliphatic heterocycles. The Bertz CT molecular complexity index is 623. The predicted molar refractivity (Wildman–Crippen MR) is 69.0 cm³/mol. The number of carbonyl (C=O) groups is 1. The molecule has 1 fully saturated rings. The lowest BCUT2D eigenvalue weighted by Crippen LogP contribution is -2.47. The topological polar surface area (TPSA) is 84.3 Å². The Kier molecular flexibility index (Phi) is 2.79. The van der Waals surface area contributed by atoms with E-state index < -0.39 is 11.5 Å². The standard InChI is InChI=1S/C13H13N3O3/c17-11(18)13(5-6-19-8-13)16-12-14-7-9-3-1-2-4-10(9)15-12/h1-4,7H,5-6,8H2,(H,17,18)(H,14,15,16). The van der Waals surface area contributed by atoms with Crippen LogP contribution in [0.1, 0.15) is 6.42 Å². The second-order valence-corrected chi connectivity index (χ2v) is 4.57. The van der Waals surface area contributed by atoms with Gasteiger partial charge in [-0.2, -0.15) is 0 Å². The molecule has 98 valence electrons. The molecule has 1 aliphatic rings. The van der Waals surface area contributed by atoms with Crippen LogP contribution in [-0.4, -0.2) is 39.8 Å². The SMILES string of the molecule is O=C(O)C1(Nc2ncc3ccccc3n2)CCOC1. The van der Waals surface area contributed by atoms with Gasteiger partial charge >= 0.3 is 5.97 Å². The van der Waals surface area contributed by atoms with E-state index >= 15 is 0 Å². The van der Waals surface area contributed by atoms with Gasteiger partial charge in [-0.3, -0.25) is 0 Å². The zero-order valence-electron chi connectivity index (χ0n) is 10.2. The molecular formula is C13H13N3O3. The minimum absolute atomic E-state index is 0.124. The predicted octanol–water partition coefficient (Wildman–Crippen LogP) is 1.29. The second-order valence-electron chi connectivity index (χ2n) is 4.57. The summed E-state index contributed by atoms with van der Waals surface area (Å²) in [7, 11) is 0. The highest BCUT2D eigenvalue weighted by Gasteiger charge is 2.43. The highest BCUT2D eigenvalue weighted by molar-refractivity contribution is 5.84. The maximum atomic E-state index is 11.4. The summed E-state index contributed by atoms with van der Waals surface area (Å²) < 4.78 is 5.18. The van der Waals surface area contributed by atoms with Crippen LogP contribution in [0.4, 0.5) is 5.95 Å². The first kappa shape index (κ1) is 11.9. The maximum absolute atomic E-state index is 11.4. The summed E-state index contributed by atoms with van der Waals surface area (Å²) in [6.45, 7) is 0.547. The van der Waals surface area contributed by atoms with Crippen LogP contribution in [0.25, 0.3) is 10.9 Å². The van der Waals surface area contributed by atoms with Crippen LogP contribution in [0.5, 0.6) is 0 Å². The average molecular weight is 259 g/mol. The smallest absolute Gasteiger partial charge is 0.331 e. The van der Waals surface area contributed by atoms with Gasteiger partial charge in [-0.1, -0.05) is 18.2 Å². The molecule has 0 saturated carbocycles. The van der Waals surface area contributed by atoms with Crippen molar-refractivity contribution in [1.29, 1.82) is 0 Å². The average Bonchev–Trinajstić information content (AvgIpc) is 2.88. The minimum Gasteiger partial charge on any atom is -0.479 e. The van der Waals surface area contributed by atoms with Gasteiger partial charge in [-0.05, 0) is 6.07 Å². The molecule has 6 nitrogen and oxygen atoms in total. The number of carboxylic acid groups (broad SMARTS) is 1. The van der Waals surface area contributed by atoms with Crippen LogP contribution in [0.3, 0.4) is 0 Å². The molecule has 6 heteroatoms. The highest BCUT2D eigenvalue weighted by Crippen LogP contribution is 2.24. The summed E-state index contributed by atoms with van der Waals surface area (Å²) in [6, 6.07) is 7.55. The first-order chi connectivity index (χ1) is 9.20. The van der Waals surface area contributed by atoms with Crippen molar-refractivity contribution < 1.29 is 14.6 Å². The lowest BCUT2D eigenvalue weighted by molar-refractivity contribution is -0.142. The van der Waals surface area contributed by atoms with E-state index in [0.29, 0.717) is 19.0 Å². The third kappa shape index (κ3) is 2.10. The molecule has 0 bridgehead atoms. The lowest BCUT2D eigenvalue weighted by Gasteiger charge is -2.23. The molecule has 1 saturated heterocycles. The number of nitrogens with zero attached hydrogens (tertiary/aromatic N) is 2. The van der Waals surface area contributed by atoms with Crippen LogP contribution in [-0.2, 0) is 9.53 Å². The molecule has 3 rings (SSSR count). The molecule has 0 amide bonds. The number of anilines is 1. The van der Waals surface area contributed by atoms with Crippen molar-refractivity contribution in [3.8, 4) is 0 Å². The summed E-state index contributed by atoms with van der Waals surface area (Å²) >= 11 is 0. The molecule has 2 aromatic rings. The number of ether oxygens (including phenoxy) is 1. The van der Waals surface area contributed by atoms with Crippen molar-refractivity contribution in [1.82, 2.24) is 9.97 Å². The normalized spacial score (nSPS) is 22.5. The number of nitrogens with one attached hydrogen (secondary N) is 1. The highest BCUT2D eigenvalue weighted by atomic mass is 16.5. The number of aromatic nitrogens is 2. The van der Waals surface area contributed by atoms with Crippen molar-refractivity contribution >= 4 is 22.8 Å². The summed E-state index contributed by atoms with van der Waals surface area (Å²) in [4.78, 5) is 19.9. The number of hydrogen-bond acceptors (Lipinski definition) is 5. The van der Waals surface area contributed by atoms with E-state index in [0.717, 1.165) is 10.9 Å². The first-order valence-electron chi connectivity index (χ1n) is 6.01. The van der Waals surface area contributed by atoms with E-state index in [-0.39, 0.29) is 6.61 Å². The number of benzene rings is 1. The third-order valence-electron chi connectivity index (χ3n) is 3.27. The van der Waals surface area contributed by atoms with E-state index in [1.54, 1.807) is 6.20 Å². The van der Waals surface area contributed by atoms with Crippen LogP contribution in [0.15, 0.2) is 30.5 Å². The van der Waals surface area contributed by atoms with Gasteiger partial charge in [0.2, 0.25) is 5.95 Å². The first-order valence-corrected chi connectivity index (χ1v) is 6.01. The number of rotatable bonds is 3. The molecule has 1 aromatic heterocycles. The lowest BCUT2D eigenvalue weighted by atomic mass is 9.99. The van der Waals surface area contributed by atoms with Gasteiger partial charge in [0, 0.05) is 24.6 Å². The molecular weight excluding hydrogens is 246 g/mol. The van der Waals surface area contributed by atoms with Crippen molar-refractivity contribution in [2.24, 2.45) is 0 Å². The molecule has 0 spiro atoms. The second kappa shape index (κ2) is 4.47. The zero-order valence-corrected chi connectivity index (χ0v) is 10.2. The van der Waals surface area contributed by atoms with Crippen molar-refractivity contribution in [2.45, 2.75) is 12.0 Å². The Morgan fingerprint density at radius 1 is 1.42 bits per heavy atom. The van der Waals surface area contributed by atoms with Crippen LogP contribution in [0.2, 0.25) is 0 Å². The Morgan fingerprint density at radius 3 is 3.00 bits per heavy atom. The molecule has 0 radical (unpaired) electrons. The maximum Gasteiger partial charge on any atom is 0.331 e. The van der Waals surface area contributed by atoms with Crippen molar-refractivity contribution in [3.63, 3.8) is 0 Å². The minimum atomic E-state index is -1.12. The molecule has 2 N–H and O–H groups in total. The molecule has 1 atom stereocenters. The Balaban J connectivity index is 1.94. The van der Waals surface area contributed by atoms with E-state index in [1.165, 1.54) is 0 Å². The monoisotopic (exact) mass is 259 g/mol. The quantitative estimate of drug-likeness (QED) is 0.864. The molecule has 0 aliphatic carbocycles. The molecule has 1 unspecified atom stereocenters. The Hall–Kier alpha value is -2.21. The van der Waals surface area contributed by atoms with Gasteiger partial charge in [0.25, 0.3) is 0 Å². The fourth-order valence-electron chi connectivity index (χ4n) is 2.13. The number of carboxylic acids is 1. The van der Waals surface area contributed by atoms with Gasteiger partial charge < -0.3 is 15.2 Å². The summed E-state index contributed by atoms with van der Waals surface area (Å²) in [5, 5.41) is 13.2. The van der Waals surface area contributed by atoms with Gasteiger partial charge in [-0.25, -0.2) is 14.8 Å². The number of para-hydroxylation sites is 1. The van der Waals surface area contributed by atoms with Crippen LogP contribution >= 0.6 is 0 Å². The van der Waals surface area contributed by atoms with Gasteiger partial charge in [0.1, 0.15) is 0 Å². The molecule has 1 aromatic carbocycles. The van der Waals surface area contributed by atoms with Gasteiger partial charge in [0.15, 0.2) is 5.54 Å². The van der Waals surface area contributed by atoms with Crippen molar-refractivity contribution in [3.05, 3.63) is 30.5 Å². The number of hydrogen-bond donors (Lipinski definition) is 2. The molecule has 2 heterocycles. The number of aliphatic carboxylic acids is 1. The largest absolute Gasteiger partial charge is 0.479 e. The van der Waals surface area contributed by atoms with E-state index in [9.17, 15) is 9.90 Å². The fourth-order valence-corrected chi connectivity index (χ4v) is 2.13.